The second-order valence-corrected chi connectivity index (χ2v) is 10.8. The SMILES string of the molecule is Cc1noc(-c2ccc(C(=O)N3CCC(C(=O)N[C@@H](C)c4ccc(F)cc4)(C4CCCCC4)CC3)cc2)n1. The van der Waals surface area contributed by atoms with Gasteiger partial charge in [-0.2, -0.15) is 4.98 Å². The molecule has 2 heterocycles. The van der Waals surface area contributed by atoms with Crippen molar-refractivity contribution in [2.75, 3.05) is 13.1 Å². The van der Waals surface area contributed by atoms with E-state index in [0.717, 1.165) is 36.8 Å². The van der Waals surface area contributed by atoms with Crippen LogP contribution < -0.4 is 5.32 Å². The van der Waals surface area contributed by atoms with Crippen molar-refractivity contribution in [1.29, 1.82) is 0 Å². The number of halogens is 1. The molecule has 1 saturated heterocycles. The number of piperidine rings is 1. The molecule has 1 N–H and O–H groups in total. The van der Waals surface area contributed by atoms with Gasteiger partial charge in [-0.1, -0.05) is 36.6 Å². The lowest BCUT2D eigenvalue weighted by Crippen LogP contribution is -2.54. The van der Waals surface area contributed by atoms with Crippen LogP contribution in [0, 0.1) is 24.1 Å². The van der Waals surface area contributed by atoms with Crippen LogP contribution in [0.4, 0.5) is 4.39 Å². The highest BCUT2D eigenvalue weighted by atomic mass is 19.1. The summed E-state index contributed by atoms with van der Waals surface area (Å²) in [5.41, 5.74) is 1.75. The van der Waals surface area contributed by atoms with E-state index in [9.17, 15) is 14.0 Å². The van der Waals surface area contributed by atoms with Crippen molar-refractivity contribution in [2.24, 2.45) is 11.3 Å². The van der Waals surface area contributed by atoms with Gasteiger partial charge in [0.25, 0.3) is 11.8 Å². The number of carbonyl (C=O) groups excluding carboxylic acids is 2. The van der Waals surface area contributed by atoms with Crippen LogP contribution in [-0.2, 0) is 4.79 Å². The molecule has 8 heteroatoms. The first-order valence-corrected chi connectivity index (χ1v) is 13.6. The minimum atomic E-state index is -0.495. The summed E-state index contributed by atoms with van der Waals surface area (Å²) >= 11 is 0. The van der Waals surface area contributed by atoms with Crippen LogP contribution in [-0.4, -0.2) is 39.9 Å². The summed E-state index contributed by atoms with van der Waals surface area (Å²) < 4.78 is 18.6. The molecular weight excluding hydrogens is 483 g/mol. The van der Waals surface area contributed by atoms with Gasteiger partial charge >= 0.3 is 0 Å². The fourth-order valence-electron chi connectivity index (χ4n) is 6.11. The first-order chi connectivity index (χ1) is 18.4. The molecule has 5 rings (SSSR count). The largest absolute Gasteiger partial charge is 0.349 e. The fourth-order valence-corrected chi connectivity index (χ4v) is 6.11. The third-order valence-corrected chi connectivity index (χ3v) is 8.41. The molecule has 0 bridgehead atoms. The number of nitrogens with zero attached hydrogens (tertiary/aromatic N) is 3. The Kier molecular flexibility index (Phi) is 7.58. The van der Waals surface area contributed by atoms with E-state index in [1.54, 1.807) is 31.2 Å². The predicted molar refractivity (Wildman–Crippen MR) is 142 cm³/mol. The van der Waals surface area contributed by atoms with Crippen LogP contribution in [0.5, 0.6) is 0 Å². The van der Waals surface area contributed by atoms with Crippen LogP contribution in [0.25, 0.3) is 11.5 Å². The molecular formula is C30H35FN4O3. The van der Waals surface area contributed by atoms with Crippen molar-refractivity contribution >= 4 is 11.8 Å². The van der Waals surface area contributed by atoms with E-state index in [4.69, 9.17) is 4.52 Å². The molecule has 2 aliphatic rings. The Morgan fingerprint density at radius 2 is 1.68 bits per heavy atom. The average molecular weight is 519 g/mol. The third-order valence-electron chi connectivity index (χ3n) is 8.41. The number of likely N-dealkylation sites (tertiary alicyclic amines) is 1. The number of nitrogens with one attached hydrogen (secondary N) is 1. The average Bonchev–Trinajstić information content (AvgIpc) is 3.39. The second-order valence-electron chi connectivity index (χ2n) is 10.8. The number of hydrogen-bond acceptors (Lipinski definition) is 5. The van der Waals surface area contributed by atoms with Crippen LogP contribution in [0.15, 0.2) is 53.1 Å². The molecule has 2 amide bonds. The highest BCUT2D eigenvalue weighted by molar-refractivity contribution is 5.95. The Labute approximate surface area is 222 Å². The van der Waals surface area contributed by atoms with Crippen LogP contribution in [0.1, 0.15) is 79.7 Å². The molecule has 38 heavy (non-hydrogen) atoms. The summed E-state index contributed by atoms with van der Waals surface area (Å²) in [6.45, 7) is 4.78. The van der Waals surface area contributed by atoms with E-state index in [0.29, 0.717) is 49.1 Å². The number of aromatic nitrogens is 2. The molecule has 2 aromatic carbocycles. The molecule has 2 fully saturated rings. The number of rotatable bonds is 6. The van der Waals surface area contributed by atoms with E-state index < -0.39 is 5.41 Å². The monoisotopic (exact) mass is 518 g/mol. The molecule has 0 radical (unpaired) electrons. The van der Waals surface area contributed by atoms with E-state index in [1.165, 1.54) is 18.6 Å². The summed E-state index contributed by atoms with van der Waals surface area (Å²) in [5.74, 6) is 1.04. The van der Waals surface area contributed by atoms with Gasteiger partial charge in [-0.25, -0.2) is 4.39 Å². The van der Waals surface area contributed by atoms with E-state index >= 15 is 0 Å². The topological polar surface area (TPSA) is 88.3 Å². The second kappa shape index (κ2) is 11.1. The minimum absolute atomic E-state index is 0.0319. The van der Waals surface area contributed by atoms with E-state index in [1.807, 2.05) is 24.0 Å². The predicted octanol–water partition coefficient (Wildman–Crippen LogP) is 5.86. The Hall–Kier alpha value is -3.55. The standard InChI is InChI=1S/C30H35FN4O3/c1-20(22-12-14-26(31)15-13-22)32-29(37)30(25-6-4-3-5-7-25)16-18-35(19-17-30)28(36)24-10-8-23(9-11-24)27-33-21(2)34-38-27/h8-15,20,25H,3-7,16-19H2,1-2H3,(H,32,37)/t20-/m0/s1. The first-order valence-electron chi connectivity index (χ1n) is 13.6. The van der Waals surface area contributed by atoms with Crippen molar-refractivity contribution in [3.63, 3.8) is 0 Å². The van der Waals surface area contributed by atoms with Gasteiger partial charge in [0.2, 0.25) is 5.91 Å². The van der Waals surface area contributed by atoms with Gasteiger partial charge < -0.3 is 14.7 Å². The van der Waals surface area contributed by atoms with E-state index in [2.05, 4.69) is 15.5 Å². The molecule has 0 spiro atoms. The van der Waals surface area contributed by atoms with Gasteiger partial charge in [-0.15, -0.1) is 0 Å². The number of carbonyl (C=O) groups is 2. The lowest BCUT2D eigenvalue weighted by atomic mass is 9.63. The van der Waals surface area contributed by atoms with Crippen LogP contribution in [0.2, 0.25) is 0 Å². The maximum Gasteiger partial charge on any atom is 0.257 e. The maximum atomic E-state index is 13.9. The molecule has 1 atom stereocenters. The summed E-state index contributed by atoms with van der Waals surface area (Å²) in [7, 11) is 0. The lowest BCUT2D eigenvalue weighted by Gasteiger charge is -2.47. The molecule has 1 aliphatic heterocycles. The Morgan fingerprint density at radius 1 is 1.03 bits per heavy atom. The zero-order valence-electron chi connectivity index (χ0n) is 22.1. The molecule has 1 aromatic heterocycles. The van der Waals surface area contributed by atoms with E-state index in [-0.39, 0.29) is 23.7 Å². The fraction of sp³-hybridized carbons (Fsp3) is 0.467. The number of amides is 2. The lowest BCUT2D eigenvalue weighted by molar-refractivity contribution is -0.139. The highest BCUT2D eigenvalue weighted by Gasteiger charge is 2.48. The molecule has 1 saturated carbocycles. The van der Waals surface area contributed by atoms with Crippen molar-refractivity contribution in [1.82, 2.24) is 20.4 Å². The van der Waals surface area contributed by atoms with Gasteiger partial charge in [-0.3, -0.25) is 9.59 Å². The summed E-state index contributed by atoms with van der Waals surface area (Å²) in [6.07, 6.45) is 6.87. The summed E-state index contributed by atoms with van der Waals surface area (Å²) in [6, 6.07) is 13.3. The number of aryl methyl sites for hydroxylation is 1. The zero-order valence-corrected chi connectivity index (χ0v) is 22.1. The maximum absolute atomic E-state index is 13.9. The van der Waals surface area contributed by atoms with Crippen molar-refractivity contribution in [2.45, 2.75) is 64.8 Å². The molecule has 0 unspecified atom stereocenters. The molecule has 7 nitrogen and oxygen atoms in total. The Morgan fingerprint density at radius 3 is 2.29 bits per heavy atom. The summed E-state index contributed by atoms with van der Waals surface area (Å²) in [5, 5.41) is 7.06. The minimum Gasteiger partial charge on any atom is -0.349 e. The zero-order chi connectivity index (χ0) is 26.7. The quantitative estimate of drug-likeness (QED) is 0.441. The molecule has 1 aliphatic carbocycles. The number of hydrogen-bond donors (Lipinski definition) is 1. The van der Waals surface area contributed by atoms with Gasteiger partial charge in [0.1, 0.15) is 5.82 Å². The smallest absolute Gasteiger partial charge is 0.257 e. The number of benzene rings is 2. The Bertz CT molecular complexity index is 1260. The third kappa shape index (κ3) is 5.35. The summed E-state index contributed by atoms with van der Waals surface area (Å²) in [4.78, 5) is 33.3. The van der Waals surface area contributed by atoms with Crippen LogP contribution in [0.3, 0.4) is 0 Å². The van der Waals surface area contributed by atoms with Gasteiger partial charge in [0, 0.05) is 24.2 Å². The van der Waals surface area contributed by atoms with Gasteiger partial charge in [0.15, 0.2) is 5.82 Å². The van der Waals surface area contributed by atoms with Crippen molar-refractivity contribution in [3.8, 4) is 11.5 Å². The highest BCUT2D eigenvalue weighted by Crippen LogP contribution is 2.46. The normalized spacial score (nSPS) is 18.7. The molecule has 200 valence electrons. The van der Waals surface area contributed by atoms with Gasteiger partial charge in [-0.05, 0) is 87.4 Å². The van der Waals surface area contributed by atoms with Crippen molar-refractivity contribution in [3.05, 3.63) is 71.3 Å². The molecule has 3 aromatic rings. The van der Waals surface area contributed by atoms with Crippen LogP contribution >= 0.6 is 0 Å². The van der Waals surface area contributed by atoms with Crippen molar-refractivity contribution < 1.29 is 18.5 Å². The Balaban J connectivity index is 1.28. The first kappa shape index (κ1) is 26.1. The van der Waals surface area contributed by atoms with Gasteiger partial charge in [0.05, 0.1) is 11.5 Å².